The molecule has 0 unspecified atom stereocenters. The van der Waals surface area contributed by atoms with Crippen LogP contribution in [0, 0.1) is 12.7 Å². The van der Waals surface area contributed by atoms with Crippen LogP contribution in [-0.2, 0) is 4.74 Å². The number of hydrogen-bond acceptors (Lipinski definition) is 7. The van der Waals surface area contributed by atoms with Gasteiger partial charge in [-0.2, -0.15) is 0 Å². The molecule has 1 heterocycles. The quantitative estimate of drug-likeness (QED) is 0.245. The number of benzene rings is 3. The van der Waals surface area contributed by atoms with Gasteiger partial charge in [-0.25, -0.2) is 14.0 Å². The molecule has 0 N–H and O–H groups in total. The van der Waals surface area contributed by atoms with E-state index in [-0.39, 0.29) is 33.8 Å². The Labute approximate surface area is 199 Å². The van der Waals surface area contributed by atoms with Crippen molar-refractivity contribution in [1.82, 2.24) is 0 Å². The van der Waals surface area contributed by atoms with E-state index in [1.54, 1.807) is 31.2 Å². The molecular formula is C27H21FO7. The summed E-state index contributed by atoms with van der Waals surface area (Å²) in [6, 6.07) is 15.5. The molecular weight excluding hydrogens is 455 g/mol. The van der Waals surface area contributed by atoms with Crippen molar-refractivity contribution in [2.75, 3.05) is 6.61 Å². The predicted octanol–water partition coefficient (Wildman–Crippen LogP) is 5.82. The number of fused-ring (bicyclic) bond motifs is 1. The Morgan fingerprint density at radius 2 is 1.51 bits per heavy atom. The lowest BCUT2D eigenvalue weighted by Gasteiger charge is -2.10. The second kappa shape index (κ2) is 10.2. The molecule has 0 radical (unpaired) electrons. The Morgan fingerprint density at radius 1 is 0.886 bits per heavy atom. The largest absolute Gasteiger partial charge is 0.462 e. The van der Waals surface area contributed by atoms with Crippen LogP contribution in [0.5, 0.6) is 17.2 Å². The fourth-order valence-electron chi connectivity index (χ4n) is 3.26. The van der Waals surface area contributed by atoms with Crippen LogP contribution >= 0.6 is 0 Å². The molecule has 0 aliphatic heterocycles. The normalized spacial score (nSPS) is 10.7. The third kappa shape index (κ3) is 5.38. The smallest absolute Gasteiger partial charge is 0.343 e. The molecule has 0 amide bonds. The molecule has 0 saturated carbocycles. The van der Waals surface area contributed by atoms with E-state index in [1.807, 2.05) is 6.92 Å². The highest BCUT2D eigenvalue weighted by atomic mass is 19.1. The van der Waals surface area contributed by atoms with E-state index in [1.165, 1.54) is 30.3 Å². The molecule has 4 rings (SSSR count). The van der Waals surface area contributed by atoms with E-state index in [0.717, 1.165) is 18.6 Å². The molecule has 0 fully saturated rings. The van der Waals surface area contributed by atoms with Gasteiger partial charge in [-0.3, -0.25) is 4.79 Å². The minimum atomic E-state index is -0.676. The Bertz CT molecular complexity index is 1440. The van der Waals surface area contributed by atoms with Crippen molar-refractivity contribution in [3.8, 4) is 17.2 Å². The number of carbonyl (C=O) groups excluding carboxylic acids is 2. The van der Waals surface area contributed by atoms with Crippen LogP contribution in [0.4, 0.5) is 4.39 Å². The molecule has 0 bridgehead atoms. The first kappa shape index (κ1) is 23.7. The molecule has 0 aliphatic rings. The van der Waals surface area contributed by atoms with Gasteiger partial charge in [0.1, 0.15) is 28.7 Å². The van der Waals surface area contributed by atoms with Crippen LogP contribution in [0.3, 0.4) is 0 Å². The van der Waals surface area contributed by atoms with Gasteiger partial charge in [0.15, 0.2) is 0 Å². The number of hydrogen-bond donors (Lipinski definition) is 0. The maximum Gasteiger partial charge on any atom is 0.343 e. The van der Waals surface area contributed by atoms with Crippen molar-refractivity contribution in [3.63, 3.8) is 0 Å². The number of rotatable bonds is 7. The first-order valence-corrected chi connectivity index (χ1v) is 10.9. The summed E-state index contributed by atoms with van der Waals surface area (Å²) in [6.07, 6.45) is 0.724. The van der Waals surface area contributed by atoms with E-state index in [4.69, 9.17) is 18.6 Å². The van der Waals surface area contributed by atoms with Gasteiger partial charge in [0.25, 0.3) is 0 Å². The van der Waals surface area contributed by atoms with Crippen molar-refractivity contribution in [2.45, 2.75) is 20.3 Å². The molecule has 0 saturated heterocycles. The Morgan fingerprint density at radius 3 is 2.20 bits per heavy atom. The van der Waals surface area contributed by atoms with Crippen molar-refractivity contribution in [2.24, 2.45) is 0 Å². The van der Waals surface area contributed by atoms with E-state index in [0.29, 0.717) is 17.9 Å². The van der Waals surface area contributed by atoms with Gasteiger partial charge in [0.2, 0.25) is 11.2 Å². The van der Waals surface area contributed by atoms with Gasteiger partial charge >= 0.3 is 11.9 Å². The molecule has 3 aromatic carbocycles. The molecule has 4 aromatic rings. The summed E-state index contributed by atoms with van der Waals surface area (Å²) in [6.45, 7) is 3.81. The number of halogens is 1. The molecule has 8 heteroatoms. The Kier molecular flexibility index (Phi) is 6.91. The minimum absolute atomic E-state index is 0.00475. The molecule has 0 aliphatic carbocycles. The lowest BCUT2D eigenvalue weighted by Crippen LogP contribution is -2.10. The van der Waals surface area contributed by atoms with E-state index in [9.17, 15) is 18.8 Å². The fourth-order valence-corrected chi connectivity index (χ4v) is 3.26. The van der Waals surface area contributed by atoms with Crippen molar-refractivity contribution in [1.29, 1.82) is 0 Å². The minimum Gasteiger partial charge on any atom is -0.462 e. The Hall–Kier alpha value is -4.46. The Balaban J connectivity index is 1.54. The number of esters is 2. The maximum atomic E-state index is 13.1. The summed E-state index contributed by atoms with van der Waals surface area (Å²) >= 11 is 0. The molecule has 178 valence electrons. The van der Waals surface area contributed by atoms with Gasteiger partial charge in [0, 0.05) is 6.07 Å². The van der Waals surface area contributed by atoms with Gasteiger partial charge in [-0.05, 0) is 74.0 Å². The molecule has 7 nitrogen and oxygen atoms in total. The average molecular weight is 476 g/mol. The van der Waals surface area contributed by atoms with Crippen LogP contribution < -0.4 is 14.9 Å². The van der Waals surface area contributed by atoms with Crippen molar-refractivity contribution >= 4 is 22.9 Å². The first-order valence-electron chi connectivity index (χ1n) is 10.9. The third-order valence-electron chi connectivity index (χ3n) is 5.02. The van der Waals surface area contributed by atoms with Crippen molar-refractivity contribution in [3.05, 3.63) is 99.7 Å². The number of aryl methyl sites for hydroxylation is 1. The lowest BCUT2D eigenvalue weighted by molar-refractivity contribution is 0.0504. The summed E-state index contributed by atoms with van der Waals surface area (Å²) in [5.41, 5.74) is 0.346. The standard InChI is InChI=1S/C27H21FO7/c1-3-14-32-26(30)17-6-10-20(11-7-17)34-25-16(2)33-23-15-21(12-13-22(23)24(25)29)35-27(31)18-4-8-19(28)9-5-18/h4-13,15H,3,14H2,1-2H3. The fraction of sp³-hybridized carbons (Fsp3) is 0.148. The van der Waals surface area contributed by atoms with Gasteiger partial charge in [-0.15, -0.1) is 0 Å². The average Bonchev–Trinajstić information content (AvgIpc) is 2.85. The van der Waals surface area contributed by atoms with Gasteiger partial charge < -0.3 is 18.6 Å². The van der Waals surface area contributed by atoms with Gasteiger partial charge in [-0.1, -0.05) is 6.92 Å². The highest BCUT2D eigenvalue weighted by Crippen LogP contribution is 2.28. The predicted molar refractivity (Wildman–Crippen MR) is 126 cm³/mol. The summed E-state index contributed by atoms with van der Waals surface area (Å²) in [4.78, 5) is 37.3. The van der Waals surface area contributed by atoms with Crippen LogP contribution in [0.25, 0.3) is 11.0 Å². The third-order valence-corrected chi connectivity index (χ3v) is 5.02. The van der Waals surface area contributed by atoms with Crippen LogP contribution in [0.1, 0.15) is 39.8 Å². The molecule has 35 heavy (non-hydrogen) atoms. The molecule has 0 atom stereocenters. The topological polar surface area (TPSA) is 92.0 Å². The number of carbonyl (C=O) groups is 2. The zero-order valence-corrected chi connectivity index (χ0v) is 19.0. The second-order valence-corrected chi connectivity index (χ2v) is 7.63. The zero-order chi connectivity index (χ0) is 24.9. The van der Waals surface area contributed by atoms with Crippen LogP contribution in [0.15, 0.2) is 75.9 Å². The summed E-state index contributed by atoms with van der Waals surface area (Å²) in [5.74, 6) is -0.856. The highest BCUT2D eigenvalue weighted by molar-refractivity contribution is 5.91. The molecule has 0 spiro atoms. The van der Waals surface area contributed by atoms with E-state index in [2.05, 4.69) is 0 Å². The zero-order valence-electron chi connectivity index (χ0n) is 19.0. The van der Waals surface area contributed by atoms with Crippen molar-refractivity contribution < 1.29 is 32.6 Å². The summed E-state index contributed by atoms with van der Waals surface area (Å²) in [5, 5.41) is 0.229. The van der Waals surface area contributed by atoms with Crippen LogP contribution in [-0.4, -0.2) is 18.5 Å². The first-order chi connectivity index (χ1) is 16.9. The molecule has 1 aromatic heterocycles. The van der Waals surface area contributed by atoms with Gasteiger partial charge in [0.05, 0.1) is 23.1 Å². The van der Waals surface area contributed by atoms with E-state index >= 15 is 0 Å². The monoisotopic (exact) mass is 476 g/mol. The van der Waals surface area contributed by atoms with Crippen LogP contribution in [0.2, 0.25) is 0 Å². The lowest BCUT2D eigenvalue weighted by atomic mass is 10.2. The summed E-state index contributed by atoms with van der Waals surface area (Å²) < 4.78 is 35.0. The summed E-state index contributed by atoms with van der Waals surface area (Å²) in [7, 11) is 0. The van der Waals surface area contributed by atoms with E-state index < -0.39 is 23.2 Å². The highest BCUT2D eigenvalue weighted by Gasteiger charge is 2.16. The maximum absolute atomic E-state index is 13.1. The number of ether oxygens (including phenoxy) is 3. The SMILES string of the molecule is CCCOC(=O)c1ccc(Oc2c(C)oc3cc(OC(=O)c4ccc(F)cc4)ccc3c2=O)cc1. The second-order valence-electron chi connectivity index (χ2n) is 7.63.